The Morgan fingerprint density at radius 1 is 1.23 bits per heavy atom. The fraction of sp³-hybridized carbons (Fsp3) is 0.353. The van der Waals surface area contributed by atoms with Crippen LogP contribution in [-0.2, 0) is 6.61 Å². The number of rotatable bonds is 5. The van der Waals surface area contributed by atoms with E-state index in [9.17, 15) is 4.79 Å². The number of carbonyl (C=O) groups excluding carboxylic acids is 1. The maximum atomic E-state index is 12.3. The van der Waals surface area contributed by atoms with Gasteiger partial charge in [-0.25, -0.2) is 0 Å². The van der Waals surface area contributed by atoms with E-state index in [-0.39, 0.29) is 5.91 Å². The maximum absolute atomic E-state index is 12.3. The van der Waals surface area contributed by atoms with Crippen molar-refractivity contribution in [2.75, 3.05) is 20.2 Å². The molecule has 3 rings (SSSR count). The van der Waals surface area contributed by atoms with Crippen molar-refractivity contribution in [3.63, 3.8) is 0 Å². The molecule has 0 saturated carbocycles. The minimum atomic E-state index is 0.144. The molecule has 22 heavy (non-hydrogen) atoms. The quantitative estimate of drug-likeness (QED) is 0.846. The van der Waals surface area contributed by atoms with Crippen LogP contribution in [0.4, 0.5) is 0 Å². The normalized spacial score (nSPS) is 14.1. The predicted molar refractivity (Wildman–Crippen MR) is 86.8 cm³/mol. The zero-order valence-corrected chi connectivity index (χ0v) is 13.4. The van der Waals surface area contributed by atoms with Gasteiger partial charge < -0.3 is 14.4 Å². The second-order valence-corrected chi connectivity index (χ2v) is 6.17. The first kappa shape index (κ1) is 14.9. The maximum Gasteiger partial charge on any atom is 0.263 e. The van der Waals surface area contributed by atoms with Crippen LogP contribution in [-0.4, -0.2) is 31.0 Å². The van der Waals surface area contributed by atoms with Gasteiger partial charge in [-0.05, 0) is 36.4 Å². The summed E-state index contributed by atoms with van der Waals surface area (Å²) in [6.45, 7) is 2.19. The highest BCUT2D eigenvalue weighted by molar-refractivity contribution is 7.12. The number of benzene rings is 1. The summed E-state index contributed by atoms with van der Waals surface area (Å²) in [5, 5.41) is 1.98. The van der Waals surface area contributed by atoms with Crippen LogP contribution in [0.25, 0.3) is 0 Å². The van der Waals surface area contributed by atoms with E-state index in [4.69, 9.17) is 9.47 Å². The Labute approximate surface area is 134 Å². The summed E-state index contributed by atoms with van der Waals surface area (Å²) < 4.78 is 11.1. The number of para-hydroxylation sites is 2. The third kappa shape index (κ3) is 3.25. The van der Waals surface area contributed by atoms with Gasteiger partial charge in [0.2, 0.25) is 0 Å². The van der Waals surface area contributed by atoms with Gasteiger partial charge in [-0.3, -0.25) is 4.79 Å². The van der Waals surface area contributed by atoms with Crippen LogP contribution in [0.1, 0.15) is 28.1 Å². The van der Waals surface area contributed by atoms with Gasteiger partial charge in [0, 0.05) is 18.7 Å². The molecule has 1 aliphatic heterocycles. The molecule has 0 bridgehead atoms. The topological polar surface area (TPSA) is 38.8 Å². The van der Waals surface area contributed by atoms with Crippen molar-refractivity contribution in [2.24, 2.45) is 0 Å². The van der Waals surface area contributed by atoms with E-state index in [0.717, 1.165) is 36.4 Å². The number of methoxy groups -OCH3 is 1. The first-order valence-corrected chi connectivity index (χ1v) is 8.28. The summed E-state index contributed by atoms with van der Waals surface area (Å²) in [7, 11) is 1.62. The van der Waals surface area contributed by atoms with Crippen molar-refractivity contribution in [3.05, 3.63) is 46.2 Å². The number of carbonyl (C=O) groups is 1. The summed E-state index contributed by atoms with van der Waals surface area (Å²) in [5.74, 6) is 1.57. The standard InChI is InChI=1S/C17H19NO3S/c1-20-14-6-2-3-7-15(14)21-11-13-10-16(22-12-13)17(19)18-8-4-5-9-18/h2-3,6-7,10,12H,4-5,8-9,11H2,1H3. The molecule has 1 aromatic heterocycles. The number of thiophene rings is 1. The summed E-state index contributed by atoms with van der Waals surface area (Å²) in [6, 6.07) is 9.49. The van der Waals surface area contributed by atoms with Gasteiger partial charge in [0.1, 0.15) is 6.61 Å². The van der Waals surface area contributed by atoms with E-state index in [1.807, 2.05) is 40.6 Å². The van der Waals surface area contributed by atoms with E-state index in [2.05, 4.69) is 0 Å². The third-order valence-corrected chi connectivity index (χ3v) is 4.69. The Bertz CT molecular complexity index is 647. The molecular formula is C17H19NO3S. The lowest BCUT2D eigenvalue weighted by molar-refractivity contribution is 0.0797. The molecule has 1 fully saturated rings. The molecule has 2 heterocycles. The number of amides is 1. The molecule has 1 saturated heterocycles. The van der Waals surface area contributed by atoms with Gasteiger partial charge in [0.05, 0.1) is 12.0 Å². The molecule has 0 unspecified atom stereocenters. The second kappa shape index (κ2) is 6.83. The van der Waals surface area contributed by atoms with Crippen LogP contribution in [0.15, 0.2) is 35.7 Å². The smallest absolute Gasteiger partial charge is 0.263 e. The Kier molecular flexibility index (Phi) is 4.63. The fourth-order valence-electron chi connectivity index (χ4n) is 2.54. The lowest BCUT2D eigenvalue weighted by Gasteiger charge is -2.13. The fourth-order valence-corrected chi connectivity index (χ4v) is 3.40. The van der Waals surface area contributed by atoms with Gasteiger partial charge in [-0.2, -0.15) is 0 Å². The van der Waals surface area contributed by atoms with Gasteiger partial charge in [0.25, 0.3) is 5.91 Å². The average molecular weight is 317 g/mol. The molecule has 1 aromatic carbocycles. The van der Waals surface area contributed by atoms with E-state index < -0.39 is 0 Å². The molecule has 0 aliphatic carbocycles. The summed E-state index contributed by atoms with van der Waals surface area (Å²) >= 11 is 1.49. The second-order valence-electron chi connectivity index (χ2n) is 5.26. The molecule has 2 aromatic rings. The number of ether oxygens (including phenoxy) is 2. The first-order chi connectivity index (χ1) is 10.8. The van der Waals surface area contributed by atoms with Crippen molar-refractivity contribution in [1.29, 1.82) is 0 Å². The lowest BCUT2D eigenvalue weighted by Crippen LogP contribution is -2.26. The lowest BCUT2D eigenvalue weighted by atomic mass is 10.3. The number of likely N-dealkylation sites (tertiary alicyclic amines) is 1. The van der Waals surface area contributed by atoms with Crippen LogP contribution in [0.2, 0.25) is 0 Å². The van der Waals surface area contributed by atoms with Gasteiger partial charge in [-0.1, -0.05) is 12.1 Å². The third-order valence-electron chi connectivity index (χ3n) is 3.72. The van der Waals surface area contributed by atoms with Gasteiger partial charge >= 0.3 is 0 Å². The van der Waals surface area contributed by atoms with Crippen molar-refractivity contribution in [2.45, 2.75) is 19.4 Å². The molecular weight excluding hydrogens is 298 g/mol. The van der Waals surface area contributed by atoms with Crippen LogP contribution in [0.3, 0.4) is 0 Å². The summed E-state index contributed by atoms with van der Waals surface area (Å²) in [6.07, 6.45) is 2.22. The molecule has 0 N–H and O–H groups in total. The highest BCUT2D eigenvalue weighted by atomic mass is 32.1. The van der Waals surface area contributed by atoms with Crippen LogP contribution >= 0.6 is 11.3 Å². The molecule has 0 radical (unpaired) electrons. The molecule has 1 aliphatic rings. The monoisotopic (exact) mass is 317 g/mol. The zero-order chi connectivity index (χ0) is 15.4. The minimum Gasteiger partial charge on any atom is -0.493 e. The van der Waals surface area contributed by atoms with Crippen molar-refractivity contribution in [1.82, 2.24) is 4.90 Å². The number of hydrogen-bond donors (Lipinski definition) is 0. The minimum absolute atomic E-state index is 0.144. The largest absolute Gasteiger partial charge is 0.493 e. The molecule has 4 nitrogen and oxygen atoms in total. The Morgan fingerprint density at radius 2 is 1.95 bits per heavy atom. The first-order valence-electron chi connectivity index (χ1n) is 7.40. The zero-order valence-electron chi connectivity index (χ0n) is 12.6. The highest BCUT2D eigenvalue weighted by Crippen LogP contribution is 2.27. The number of hydrogen-bond acceptors (Lipinski definition) is 4. The molecule has 5 heteroatoms. The predicted octanol–water partition coefficient (Wildman–Crippen LogP) is 3.57. The van der Waals surface area contributed by atoms with Gasteiger partial charge in [0.15, 0.2) is 11.5 Å². The molecule has 0 spiro atoms. The summed E-state index contributed by atoms with van der Waals surface area (Å²) in [5.41, 5.74) is 1.01. The highest BCUT2D eigenvalue weighted by Gasteiger charge is 2.20. The van der Waals surface area contributed by atoms with Crippen molar-refractivity contribution < 1.29 is 14.3 Å². The van der Waals surface area contributed by atoms with Crippen molar-refractivity contribution in [3.8, 4) is 11.5 Å². The summed E-state index contributed by atoms with van der Waals surface area (Å²) in [4.78, 5) is 15.0. The molecule has 0 atom stereocenters. The van der Waals surface area contributed by atoms with E-state index >= 15 is 0 Å². The van der Waals surface area contributed by atoms with Gasteiger partial charge in [-0.15, -0.1) is 11.3 Å². The SMILES string of the molecule is COc1ccccc1OCc1csc(C(=O)N2CCCC2)c1. The van der Waals surface area contributed by atoms with Crippen LogP contribution < -0.4 is 9.47 Å². The molecule has 116 valence electrons. The van der Waals surface area contributed by atoms with Crippen molar-refractivity contribution >= 4 is 17.2 Å². The molecule has 1 amide bonds. The average Bonchev–Trinajstić information content (AvgIpc) is 3.24. The Balaban J connectivity index is 1.63. The Hall–Kier alpha value is -2.01. The van der Waals surface area contributed by atoms with Crippen LogP contribution in [0, 0.1) is 0 Å². The van der Waals surface area contributed by atoms with Crippen LogP contribution in [0.5, 0.6) is 11.5 Å². The van der Waals surface area contributed by atoms with E-state index in [1.54, 1.807) is 7.11 Å². The van der Waals surface area contributed by atoms with E-state index in [1.165, 1.54) is 11.3 Å². The number of nitrogens with zero attached hydrogens (tertiary/aromatic N) is 1. The van der Waals surface area contributed by atoms with E-state index in [0.29, 0.717) is 18.1 Å². The Morgan fingerprint density at radius 3 is 2.68 bits per heavy atom.